The zero-order chi connectivity index (χ0) is 49.6. The van der Waals surface area contributed by atoms with Crippen molar-refractivity contribution in [3.05, 3.63) is 0 Å². The van der Waals surface area contributed by atoms with E-state index in [1.807, 2.05) is 0 Å². The number of unbranched alkanes of at least 4 members (excludes halogenated alkanes) is 21. The predicted octanol–water partition coefficient (Wildman–Crippen LogP) is -3.03. The van der Waals surface area contributed by atoms with E-state index in [0.717, 1.165) is 77.0 Å². The van der Waals surface area contributed by atoms with Gasteiger partial charge >= 0.3 is 17.4 Å². The molecule has 0 aliphatic rings. The van der Waals surface area contributed by atoms with Crippen LogP contribution in [0.1, 0.15) is 194 Å². The van der Waals surface area contributed by atoms with Crippen molar-refractivity contribution >= 4 is 17.9 Å². The van der Waals surface area contributed by atoms with Gasteiger partial charge in [0.15, 0.2) is 0 Å². The van der Waals surface area contributed by atoms with Crippen LogP contribution in [-0.2, 0) is 31.7 Å². The molecule has 22 heteroatoms. The van der Waals surface area contributed by atoms with Gasteiger partial charge in [0, 0.05) is 0 Å². The summed E-state index contributed by atoms with van der Waals surface area (Å²) < 4.78 is 0. The zero-order valence-electron chi connectivity index (χ0n) is 37.9. The van der Waals surface area contributed by atoms with Gasteiger partial charge in [-0.1, -0.05) is 175 Å². The van der Waals surface area contributed by atoms with Gasteiger partial charge in [0.2, 0.25) is 0 Å². The first-order valence-corrected chi connectivity index (χ1v) is 22.4. The molecular formula is C42H81CrO21. The monoisotopic (exact) mass is 973 g/mol. The Balaban J connectivity index is -0.000000419. The number of hydrogen-bond donors (Lipinski definition) is 15. The van der Waals surface area contributed by atoms with Crippen LogP contribution >= 0.6 is 0 Å². The molecular weight excluding hydrogens is 892 g/mol. The number of hydrogen-bond acceptors (Lipinski definition) is 21. The van der Waals surface area contributed by atoms with Crippen LogP contribution in [0.4, 0.5) is 0 Å². The van der Waals surface area contributed by atoms with E-state index < -0.39 is 70.9 Å². The fraction of sp³-hybridized carbons (Fsp3) is 0.929. The Morgan fingerprint density at radius 1 is 0.328 bits per heavy atom. The molecule has 21 nitrogen and oxygen atoms in total. The average Bonchev–Trinajstić information content (AvgIpc) is 3.20. The summed E-state index contributed by atoms with van der Waals surface area (Å²) in [4.78, 5) is 31.3. The third-order valence-corrected chi connectivity index (χ3v) is 10.8. The summed E-state index contributed by atoms with van der Waals surface area (Å²) in [5.74, 6) is -30.0. The molecule has 381 valence electrons. The molecule has 0 aromatic heterocycles. The van der Waals surface area contributed by atoms with Crippen LogP contribution < -0.4 is 15.3 Å². The molecule has 0 fully saturated rings. The van der Waals surface area contributed by atoms with Gasteiger partial charge in [-0.15, -0.1) is 0 Å². The van der Waals surface area contributed by atoms with Crippen molar-refractivity contribution in [1.82, 2.24) is 0 Å². The summed E-state index contributed by atoms with van der Waals surface area (Å²) in [6, 6.07) is 0. The smallest absolute Gasteiger partial charge is 0.544 e. The molecule has 64 heavy (non-hydrogen) atoms. The number of carboxylic acids is 3. The maximum atomic E-state index is 10.4. The van der Waals surface area contributed by atoms with Crippen molar-refractivity contribution in [3.8, 4) is 0 Å². The standard InChI is InChI=1S/3C14H28O7.Cr/c3*1-2-3-4-5-6-7-8-9-10-11(15)13(18,19)14(20,21)12(16)17;/h3*11,15,18-21H,2-10H2,1H3,(H,16,17);/q;;;+3/p-3. The molecule has 3 atom stereocenters. The summed E-state index contributed by atoms with van der Waals surface area (Å²) in [5, 5.41) is 170. The van der Waals surface area contributed by atoms with Crippen molar-refractivity contribution in [1.29, 1.82) is 0 Å². The van der Waals surface area contributed by atoms with Crippen LogP contribution in [0.2, 0.25) is 0 Å². The number of carbonyl (C=O) groups excluding carboxylic acids is 3. The number of rotatable bonds is 36. The Morgan fingerprint density at radius 2 is 0.469 bits per heavy atom. The Morgan fingerprint density at radius 3 is 0.609 bits per heavy atom. The first-order chi connectivity index (χ1) is 29.0. The molecule has 0 heterocycles. The third kappa shape index (κ3) is 25.5. The quantitative estimate of drug-likeness (QED) is 0.0219. The molecule has 3 unspecified atom stereocenters. The molecule has 0 saturated carbocycles. The Bertz CT molecular complexity index is 1060. The maximum Gasteiger partial charge on any atom is 3.00 e. The summed E-state index contributed by atoms with van der Waals surface area (Å²) in [7, 11) is 0. The second-order valence-corrected chi connectivity index (χ2v) is 16.4. The number of aliphatic hydroxyl groups excluding tert-OH is 3. The Kier molecular flexibility index (Phi) is 38.2. The molecule has 0 aromatic carbocycles. The third-order valence-electron chi connectivity index (χ3n) is 10.8. The molecule has 0 aromatic rings. The molecule has 0 aliphatic heterocycles. The molecule has 1 radical (unpaired) electrons. The van der Waals surface area contributed by atoms with Gasteiger partial charge in [-0.2, -0.15) is 0 Å². The molecule has 0 saturated heterocycles. The fourth-order valence-corrected chi connectivity index (χ4v) is 6.17. The normalized spacial score (nSPS) is 14.0. The van der Waals surface area contributed by atoms with Crippen LogP contribution in [0, 0.1) is 0 Å². The summed E-state index contributed by atoms with van der Waals surface area (Å²) in [6.45, 7) is 6.39. The van der Waals surface area contributed by atoms with Gasteiger partial charge in [-0.3, -0.25) is 0 Å². The van der Waals surface area contributed by atoms with E-state index in [4.69, 9.17) is 30.6 Å². The average molecular weight is 974 g/mol. The van der Waals surface area contributed by atoms with E-state index in [9.17, 15) is 75.7 Å². The van der Waals surface area contributed by atoms with Gasteiger partial charge in [0.25, 0.3) is 34.7 Å². The molecule has 0 rings (SSSR count). The largest absolute Gasteiger partial charge is 3.00 e. The maximum absolute atomic E-state index is 10.4. The Labute approximate surface area is 387 Å². The summed E-state index contributed by atoms with van der Waals surface area (Å²) >= 11 is 0. The van der Waals surface area contributed by atoms with Gasteiger partial charge < -0.3 is 106 Å². The minimum Gasteiger partial charge on any atom is -0.544 e. The molecule has 15 N–H and O–H groups in total. The molecule has 0 spiro atoms. The van der Waals surface area contributed by atoms with Crippen LogP contribution in [0.25, 0.3) is 0 Å². The van der Waals surface area contributed by atoms with Crippen molar-refractivity contribution in [2.24, 2.45) is 0 Å². The number of aliphatic carboxylic acids is 3. The van der Waals surface area contributed by atoms with Crippen LogP contribution in [-0.4, -0.2) is 148 Å². The van der Waals surface area contributed by atoms with Crippen LogP contribution in [0.15, 0.2) is 0 Å². The van der Waals surface area contributed by atoms with Gasteiger partial charge in [0.05, 0.1) is 0 Å². The number of carbonyl (C=O) groups is 3. The zero-order valence-corrected chi connectivity index (χ0v) is 39.2. The topological polar surface area (TPSA) is 424 Å². The minimum atomic E-state index is -3.92. The van der Waals surface area contributed by atoms with E-state index in [0.29, 0.717) is 19.3 Å². The SMILES string of the molecule is CCCCCCCCCCC(O)C(O)(O)C(O)(O)C(=O)[O-].CCCCCCCCCCC(O)C(O)(O)C(O)(O)C(=O)[O-].CCCCCCCCCCC(O)C(O)(O)C(O)(O)C(=O)[O-].[Cr+3]. The number of carboxylic acid groups (broad SMARTS) is 3. The number of aliphatic hydroxyl groups is 15. The van der Waals surface area contributed by atoms with E-state index in [1.165, 1.54) is 57.8 Å². The van der Waals surface area contributed by atoms with Gasteiger partial charge in [-0.05, 0) is 19.3 Å². The van der Waals surface area contributed by atoms with Crippen LogP contribution in [0.3, 0.4) is 0 Å². The predicted molar refractivity (Wildman–Crippen MR) is 218 cm³/mol. The van der Waals surface area contributed by atoms with Crippen LogP contribution in [0.5, 0.6) is 0 Å². The molecule has 0 amide bonds. The van der Waals surface area contributed by atoms with Crippen molar-refractivity contribution in [2.75, 3.05) is 0 Å². The second-order valence-electron chi connectivity index (χ2n) is 16.4. The second kappa shape index (κ2) is 35.5. The van der Waals surface area contributed by atoms with Crippen molar-refractivity contribution in [2.45, 2.75) is 247 Å². The molecule has 0 bridgehead atoms. The Hall–Kier alpha value is -1.66. The summed E-state index contributed by atoms with van der Waals surface area (Å²) in [5.41, 5.74) is 0. The van der Waals surface area contributed by atoms with Crippen molar-refractivity contribution in [3.63, 3.8) is 0 Å². The molecule has 0 aliphatic carbocycles. The van der Waals surface area contributed by atoms with E-state index in [-0.39, 0.29) is 36.6 Å². The minimum absolute atomic E-state index is 0. The first kappa shape index (κ1) is 68.9. The first-order valence-electron chi connectivity index (χ1n) is 22.4. The summed E-state index contributed by atoms with van der Waals surface area (Å²) in [6.07, 6.45) is 16.9. The van der Waals surface area contributed by atoms with E-state index >= 15 is 0 Å². The van der Waals surface area contributed by atoms with Crippen molar-refractivity contribution < 1.29 is 124 Å². The van der Waals surface area contributed by atoms with Gasteiger partial charge in [-0.25, -0.2) is 0 Å². The fourth-order valence-electron chi connectivity index (χ4n) is 6.17. The van der Waals surface area contributed by atoms with E-state index in [1.54, 1.807) is 0 Å². The van der Waals surface area contributed by atoms with E-state index in [2.05, 4.69) is 20.8 Å². The van der Waals surface area contributed by atoms with Gasteiger partial charge in [0.1, 0.15) is 36.2 Å².